The average molecular weight is 318 g/mol. The van der Waals surface area contributed by atoms with Crippen LogP contribution in [0.4, 0.5) is 5.69 Å². The van der Waals surface area contributed by atoms with Gasteiger partial charge in [-0.2, -0.15) is 0 Å². The summed E-state index contributed by atoms with van der Waals surface area (Å²) in [5.41, 5.74) is 1.31. The summed E-state index contributed by atoms with van der Waals surface area (Å²) in [4.78, 5) is 12.0. The van der Waals surface area contributed by atoms with E-state index < -0.39 is 0 Å². The summed E-state index contributed by atoms with van der Waals surface area (Å²) < 4.78 is 10.4. The Balaban J connectivity index is 2.14. The van der Waals surface area contributed by atoms with E-state index in [1.54, 1.807) is 37.5 Å². The van der Waals surface area contributed by atoms with Crippen LogP contribution in [0.2, 0.25) is 5.02 Å². The Morgan fingerprint density at radius 3 is 2.59 bits per heavy atom. The topological polar surface area (TPSA) is 47.6 Å². The van der Waals surface area contributed by atoms with E-state index in [9.17, 15) is 4.79 Å². The molecule has 2 aromatic carbocycles. The number of ether oxygens (including phenoxy) is 2. The van der Waals surface area contributed by atoms with Gasteiger partial charge in [0.1, 0.15) is 11.5 Å². The molecule has 0 fully saturated rings. The molecule has 0 aromatic heterocycles. The van der Waals surface area contributed by atoms with Crippen molar-refractivity contribution in [2.45, 2.75) is 0 Å². The van der Waals surface area contributed by atoms with Gasteiger partial charge < -0.3 is 14.8 Å². The SMILES string of the molecule is COc1ccc(OC)c(NC(=O)C=Cc2ccccc2Cl)c1. The molecule has 0 aliphatic carbocycles. The molecule has 0 aliphatic rings. The molecule has 0 heterocycles. The normalized spacial score (nSPS) is 10.5. The number of rotatable bonds is 5. The van der Waals surface area contributed by atoms with Crippen LogP contribution in [0.5, 0.6) is 11.5 Å². The maximum Gasteiger partial charge on any atom is 0.248 e. The fourth-order valence-electron chi connectivity index (χ4n) is 1.86. The fourth-order valence-corrected chi connectivity index (χ4v) is 2.06. The van der Waals surface area contributed by atoms with Crippen molar-refractivity contribution in [2.75, 3.05) is 19.5 Å². The molecule has 0 aliphatic heterocycles. The average Bonchev–Trinajstić information content (AvgIpc) is 2.54. The Bertz CT molecular complexity index is 698. The van der Waals surface area contributed by atoms with Crippen molar-refractivity contribution in [2.24, 2.45) is 0 Å². The van der Waals surface area contributed by atoms with E-state index >= 15 is 0 Å². The lowest BCUT2D eigenvalue weighted by Crippen LogP contribution is -2.09. The lowest BCUT2D eigenvalue weighted by Gasteiger charge is -2.10. The van der Waals surface area contributed by atoms with Gasteiger partial charge in [-0.1, -0.05) is 29.8 Å². The van der Waals surface area contributed by atoms with Crippen molar-refractivity contribution in [3.05, 3.63) is 59.1 Å². The number of methoxy groups -OCH3 is 2. The van der Waals surface area contributed by atoms with Crippen molar-refractivity contribution in [1.82, 2.24) is 0 Å². The number of anilines is 1. The van der Waals surface area contributed by atoms with E-state index in [1.165, 1.54) is 13.2 Å². The van der Waals surface area contributed by atoms with E-state index in [4.69, 9.17) is 21.1 Å². The lowest BCUT2D eigenvalue weighted by molar-refractivity contribution is -0.111. The van der Waals surface area contributed by atoms with Gasteiger partial charge >= 0.3 is 0 Å². The Hall–Kier alpha value is -2.46. The molecule has 2 aromatic rings. The molecule has 1 amide bonds. The number of amides is 1. The molecule has 0 bridgehead atoms. The van der Waals surface area contributed by atoms with Gasteiger partial charge in [0.2, 0.25) is 5.91 Å². The minimum absolute atomic E-state index is 0.286. The highest BCUT2D eigenvalue weighted by Gasteiger charge is 2.07. The Kier molecular flexibility index (Phi) is 5.44. The molecule has 0 spiro atoms. The number of benzene rings is 2. The first-order valence-electron chi connectivity index (χ1n) is 6.59. The lowest BCUT2D eigenvalue weighted by atomic mass is 10.2. The smallest absolute Gasteiger partial charge is 0.248 e. The Morgan fingerprint density at radius 2 is 1.91 bits per heavy atom. The Labute approximate surface area is 134 Å². The van der Waals surface area contributed by atoms with Crippen molar-refractivity contribution >= 4 is 29.3 Å². The first kappa shape index (κ1) is 15.9. The molecule has 1 N–H and O–H groups in total. The number of halogens is 1. The summed E-state index contributed by atoms with van der Waals surface area (Å²) >= 11 is 6.04. The maximum atomic E-state index is 12.0. The molecule has 2 rings (SSSR count). The van der Waals surface area contributed by atoms with Crippen LogP contribution < -0.4 is 14.8 Å². The molecule has 5 heteroatoms. The highest BCUT2D eigenvalue weighted by molar-refractivity contribution is 6.32. The molecule has 0 atom stereocenters. The van der Waals surface area contributed by atoms with E-state index in [1.807, 2.05) is 18.2 Å². The van der Waals surface area contributed by atoms with Crippen molar-refractivity contribution in [3.8, 4) is 11.5 Å². The molecule has 0 radical (unpaired) electrons. The van der Waals surface area contributed by atoms with E-state index in [0.29, 0.717) is 22.2 Å². The summed E-state index contributed by atoms with van der Waals surface area (Å²) in [5.74, 6) is 0.901. The second-order valence-corrected chi connectivity index (χ2v) is 4.82. The first-order valence-corrected chi connectivity index (χ1v) is 6.97. The van der Waals surface area contributed by atoms with Crippen LogP contribution in [0.3, 0.4) is 0 Å². The number of hydrogen-bond acceptors (Lipinski definition) is 3. The molecule has 0 unspecified atom stereocenters. The first-order chi connectivity index (χ1) is 10.6. The van der Waals surface area contributed by atoms with Gasteiger partial charge in [-0.05, 0) is 29.8 Å². The third-order valence-corrected chi connectivity index (χ3v) is 3.33. The van der Waals surface area contributed by atoms with Crippen molar-refractivity contribution in [1.29, 1.82) is 0 Å². The van der Waals surface area contributed by atoms with E-state index in [2.05, 4.69) is 5.32 Å². The van der Waals surface area contributed by atoms with Gasteiger partial charge in [-0.25, -0.2) is 0 Å². The van der Waals surface area contributed by atoms with Crippen LogP contribution in [0.1, 0.15) is 5.56 Å². The number of carbonyl (C=O) groups excluding carboxylic acids is 1. The summed E-state index contributed by atoms with van der Waals surface area (Å²) in [5, 5.41) is 3.34. The highest BCUT2D eigenvalue weighted by Crippen LogP contribution is 2.28. The molecular formula is C17H16ClNO3. The van der Waals surface area contributed by atoms with Crippen LogP contribution in [-0.4, -0.2) is 20.1 Å². The van der Waals surface area contributed by atoms with Gasteiger partial charge in [0.15, 0.2) is 0 Å². The number of carbonyl (C=O) groups is 1. The second-order valence-electron chi connectivity index (χ2n) is 4.41. The third-order valence-electron chi connectivity index (χ3n) is 2.98. The van der Waals surface area contributed by atoms with Crippen LogP contribution >= 0.6 is 11.6 Å². The van der Waals surface area contributed by atoms with E-state index in [0.717, 1.165) is 5.56 Å². The highest BCUT2D eigenvalue weighted by atomic mass is 35.5. The monoisotopic (exact) mass is 317 g/mol. The molecule has 0 saturated heterocycles. The van der Waals surface area contributed by atoms with Gasteiger partial charge in [-0.3, -0.25) is 4.79 Å². The minimum Gasteiger partial charge on any atom is -0.497 e. The quantitative estimate of drug-likeness (QED) is 0.848. The van der Waals surface area contributed by atoms with E-state index in [-0.39, 0.29) is 5.91 Å². The molecule has 114 valence electrons. The summed E-state index contributed by atoms with van der Waals surface area (Å²) in [7, 11) is 3.10. The van der Waals surface area contributed by atoms with Gasteiger partial charge in [0, 0.05) is 17.2 Å². The number of hydrogen-bond donors (Lipinski definition) is 1. The molecule has 22 heavy (non-hydrogen) atoms. The zero-order valence-electron chi connectivity index (χ0n) is 12.3. The predicted molar refractivity (Wildman–Crippen MR) is 88.7 cm³/mol. The van der Waals surface area contributed by atoms with Crippen LogP contribution in [-0.2, 0) is 4.79 Å². The molecular weight excluding hydrogens is 302 g/mol. The molecule has 0 saturated carbocycles. The summed E-state index contributed by atoms with van der Waals surface area (Å²) in [6, 6.07) is 12.5. The van der Waals surface area contributed by atoms with Crippen LogP contribution in [0.15, 0.2) is 48.5 Å². The third kappa shape index (κ3) is 4.02. The predicted octanol–water partition coefficient (Wildman–Crippen LogP) is 4.01. The largest absolute Gasteiger partial charge is 0.497 e. The Morgan fingerprint density at radius 1 is 1.14 bits per heavy atom. The van der Waals surface area contributed by atoms with Crippen molar-refractivity contribution in [3.63, 3.8) is 0 Å². The minimum atomic E-state index is -0.286. The summed E-state index contributed by atoms with van der Waals surface area (Å²) in [6.07, 6.45) is 3.07. The zero-order valence-corrected chi connectivity index (χ0v) is 13.1. The molecule has 4 nitrogen and oxygen atoms in total. The fraction of sp³-hybridized carbons (Fsp3) is 0.118. The van der Waals surface area contributed by atoms with Gasteiger partial charge in [0.05, 0.1) is 19.9 Å². The second kappa shape index (κ2) is 7.52. The summed E-state index contributed by atoms with van der Waals surface area (Å²) in [6.45, 7) is 0. The number of nitrogens with one attached hydrogen (secondary N) is 1. The van der Waals surface area contributed by atoms with Crippen LogP contribution in [0, 0.1) is 0 Å². The standard InChI is InChI=1S/C17H16ClNO3/c1-21-13-8-9-16(22-2)15(11-13)19-17(20)10-7-12-5-3-4-6-14(12)18/h3-11H,1-2H3,(H,19,20). The van der Waals surface area contributed by atoms with Gasteiger partial charge in [-0.15, -0.1) is 0 Å². The zero-order chi connectivity index (χ0) is 15.9. The maximum absolute atomic E-state index is 12.0. The van der Waals surface area contributed by atoms with Gasteiger partial charge in [0.25, 0.3) is 0 Å². The van der Waals surface area contributed by atoms with Crippen molar-refractivity contribution < 1.29 is 14.3 Å². The van der Waals surface area contributed by atoms with Crippen LogP contribution in [0.25, 0.3) is 6.08 Å².